The molecule has 6 aromatic rings. The van der Waals surface area contributed by atoms with Gasteiger partial charge in [-0.2, -0.15) is 13.2 Å². The number of nitriles is 1. The van der Waals surface area contributed by atoms with E-state index >= 15 is 0 Å². The van der Waals surface area contributed by atoms with Crippen LogP contribution in [-0.2, 0) is 6.18 Å². The van der Waals surface area contributed by atoms with Gasteiger partial charge in [-0.3, -0.25) is 0 Å². The van der Waals surface area contributed by atoms with Crippen LogP contribution < -0.4 is 41.2 Å². The molecule has 6 aromatic carbocycles. The molecule has 0 radical (unpaired) electrons. The quantitative estimate of drug-likeness (QED) is 0.0520. The standard InChI is InChI=1S/C15H15ClN2O2.C14H13ClN2O2.C8H3ClF3NO.C7H9NO.3CH4/c1-10-9-12(5-8-14(10)16)18-15(19)17-11-3-6-13(20-2)7-4-11;1-9-8-11(4-7-13(9)15)17-14(19)16-10-2-5-12(18)6-3-10;9-7-2-1-5(14-4-13)3-6(7)8(10,11)12;1-9-7-4-2-6(8)3-5-7;;;/h3-9H,1-2H3,(H2,17,18,19);2-8,18H,1H3,(H2,16,17,19);1-3H;2-5H,8H2,1H3;3*1H4. The van der Waals surface area contributed by atoms with Crippen LogP contribution in [0.1, 0.15) is 39.0 Å². The molecule has 18 heteroatoms. The Balaban J connectivity index is 0.000000855. The van der Waals surface area contributed by atoms with Gasteiger partial charge >= 0.3 is 18.2 Å². The fraction of sp³-hybridized carbons (Fsp3) is 0.170. The Morgan fingerprint density at radius 1 is 0.585 bits per heavy atom. The number of alkyl halides is 3. The van der Waals surface area contributed by atoms with Gasteiger partial charge in [-0.05, 0) is 152 Å². The highest BCUT2D eigenvalue weighted by molar-refractivity contribution is 6.32. The van der Waals surface area contributed by atoms with Crippen molar-refractivity contribution < 1.29 is 42.1 Å². The van der Waals surface area contributed by atoms with Gasteiger partial charge in [0.05, 0.1) is 24.8 Å². The monoisotopic (exact) mass is 958 g/mol. The molecular formula is C47H52Cl3F3N6O6. The molecular weight excluding hydrogens is 908 g/mol. The van der Waals surface area contributed by atoms with Gasteiger partial charge in [0.2, 0.25) is 0 Å². The lowest BCUT2D eigenvalue weighted by Crippen LogP contribution is -2.19. The molecule has 7 N–H and O–H groups in total. The van der Waals surface area contributed by atoms with Crippen molar-refractivity contribution in [3.63, 3.8) is 0 Å². The van der Waals surface area contributed by atoms with Crippen molar-refractivity contribution in [1.82, 2.24) is 0 Å². The van der Waals surface area contributed by atoms with E-state index in [0.29, 0.717) is 38.9 Å². The topological polar surface area (TPSA) is 180 Å². The van der Waals surface area contributed by atoms with Crippen molar-refractivity contribution in [3.05, 3.63) is 159 Å². The second kappa shape index (κ2) is 28.6. The highest BCUT2D eigenvalue weighted by Crippen LogP contribution is 2.36. The van der Waals surface area contributed by atoms with Crippen molar-refractivity contribution in [2.45, 2.75) is 42.3 Å². The number of carbonyl (C=O) groups excluding carboxylic acids is 2. The minimum absolute atomic E-state index is 0. The van der Waals surface area contributed by atoms with Crippen LogP contribution in [0.3, 0.4) is 0 Å². The van der Waals surface area contributed by atoms with E-state index in [4.69, 9.17) is 60.4 Å². The predicted molar refractivity (Wildman–Crippen MR) is 259 cm³/mol. The maximum atomic E-state index is 12.2. The van der Waals surface area contributed by atoms with Crippen LogP contribution >= 0.6 is 34.8 Å². The predicted octanol–water partition coefficient (Wildman–Crippen LogP) is 14.7. The number of nitrogens with two attached hydrogens (primary N) is 1. The molecule has 0 bridgehead atoms. The van der Waals surface area contributed by atoms with Crippen LogP contribution in [0.25, 0.3) is 0 Å². The van der Waals surface area contributed by atoms with Crippen molar-refractivity contribution in [1.29, 1.82) is 5.26 Å². The van der Waals surface area contributed by atoms with E-state index in [1.165, 1.54) is 24.5 Å². The van der Waals surface area contributed by atoms with Crippen LogP contribution in [0.2, 0.25) is 15.1 Å². The number of hydrogen-bond acceptors (Lipinski definition) is 8. The molecule has 0 fully saturated rings. The van der Waals surface area contributed by atoms with Gasteiger partial charge in [0.15, 0.2) is 0 Å². The van der Waals surface area contributed by atoms with Gasteiger partial charge in [0.1, 0.15) is 23.0 Å². The van der Waals surface area contributed by atoms with Crippen molar-refractivity contribution in [2.75, 3.05) is 41.2 Å². The van der Waals surface area contributed by atoms with E-state index in [9.17, 15) is 22.8 Å². The summed E-state index contributed by atoms with van der Waals surface area (Å²) in [5.41, 5.74) is 9.61. The fourth-order valence-electron chi connectivity index (χ4n) is 4.69. The molecule has 0 atom stereocenters. The number of hydrogen-bond donors (Lipinski definition) is 6. The largest absolute Gasteiger partial charge is 0.508 e. The summed E-state index contributed by atoms with van der Waals surface area (Å²) in [6.45, 7) is 3.75. The summed E-state index contributed by atoms with van der Waals surface area (Å²) in [4.78, 5) is 23.6. The van der Waals surface area contributed by atoms with E-state index < -0.39 is 16.8 Å². The maximum Gasteiger partial charge on any atom is 0.417 e. The molecule has 0 aliphatic heterocycles. The summed E-state index contributed by atoms with van der Waals surface area (Å²) in [6, 6.07) is 33.4. The van der Waals surface area contributed by atoms with Crippen molar-refractivity contribution in [3.8, 4) is 29.3 Å². The first-order chi connectivity index (χ1) is 29.4. The smallest absolute Gasteiger partial charge is 0.417 e. The summed E-state index contributed by atoms with van der Waals surface area (Å²) in [5, 5.41) is 29.0. The number of phenolic OH excluding ortho intramolecular Hbond substituents is 1. The third-order valence-electron chi connectivity index (χ3n) is 7.83. The Bertz CT molecular complexity index is 2440. The summed E-state index contributed by atoms with van der Waals surface area (Å²) >= 11 is 17.2. The molecule has 0 aliphatic rings. The average molecular weight is 960 g/mol. The van der Waals surface area contributed by atoms with E-state index in [0.717, 1.165) is 34.4 Å². The Hall–Kier alpha value is -6.99. The minimum atomic E-state index is -4.55. The number of amides is 4. The summed E-state index contributed by atoms with van der Waals surface area (Å²) < 4.78 is 50.9. The zero-order valence-corrected chi connectivity index (χ0v) is 35.7. The zero-order valence-electron chi connectivity index (χ0n) is 33.4. The lowest BCUT2D eigenvalue weighted by atomic mass is 10.2. The number of halogens is 6. The number of nitrogens with zero attached hydrogens (tertiary/aromatic N) is 1. The van der Waals surface area contributed by atoms with Crippen molar-refractivity contribution >= 4 is 75.3 Å². The molecule has 0 aliphatic carbocycles. The molecule has 0 unspecified atom stereocenters. The van der Waals surface area contributed by atoms with Crippen LogP contribution in [0.5, 0.6) is 23.0 Å². The number of phenols is 1. The molecule has 12 nitrogen and oxygen atoms in total. The summed E-state index contributed by atoms with van der Waals surface area (Å²) in [7, 11) is 3.23. The van der Waals surface area contributed by atoms with E-state index in [-0.39, 0.29) is 45.8 Å². The Labute approximate surface area is 393 Å². The van der Waals surface area contributed by atoms with Crippen molar-refractivity contribution in [2.24, 2.45) is 0 Å². The first kappa shape index (κ1) is 58.0. The normalized spacial score (nSPS) is 9.55. The highest BCUT2D eigenvalue weighted by Gasteiger charge is 2.33. The molecule has 6 rings (SSSR count). The minimum Gasteiger partial charge on any atom is -0.508 e. The van der Waals surface area contributed by atoms with Gasteiger partial charge in [-0.25, -0.2) is 9.59 Å². The lowest BCUT2D eigenvalue weighted by Gasteiger charge is -2.09. The molecule has 348 valence electrons. The Kier molecular flexibility index (Phi) is 25.6. The Morgan fingerprint density at radius 3 is 1.32 bits per heavy atom. The second-order valence-electron chi connectivity index (χ2n) is 12.5. The number of urea groups is 2. The van der Waals surface area contributed by atoms with Gasteiger partial charge in [-0.15, -0.1) is 5.26 Å². The maximum absolute atomic E-state index is 12.2. The van der Waals surface area contributed by atoms with Gasteiger partial charge in [0.25, 0.3) is 6.26 Å². The number of anilines is 5. The fourth-order valence-corrected chi connectivity index (χ4v) is 5.15. The van der Waals surface area contributed by atoms with E-state index in [2.05, 4.69) is 26.0 Å². The third kappa shape index (κ3) is 20.8. The van der Waals surface area contributed by atoms with Crippen LogP contribution in [-0.4, -0.2) is 31.4 Å². The number of rotatable bonds is 7. The van der Waals surface area contributed by atoms with Crippen LogP contribution in [0.4, 0.5) is 51.2 Å². The molecule has 65 heavy (non-hydrogen) atoms. The number of methoxy groups -OCH3 is 2. The van der Waals surface area contributed by atoms with E-state index in [1.807, 2.05) is 32.0 Å². The molecule has 0 saturated carbocycles. The van der Waals surface area contributed by atoms with Gasteiger partial charge in [-0.1, -0.05) is 57.1 Å². The number of ether oxygens (including phenoxy) is 3. The molecule has 4 amide bonds. The average Bonchev–Trinajstić information content (AvgIpc) is 3.23. The SMILES string of the molecule is C.C.C.COc1ccc(N)cc1.COc1ccc(NC(=O)Nc2ccc(Cl)c(C)c2)cc1.Cc1cc(NC(=O)Nc2ccc(O)cc2)ccc1Cl.N#COc1ccc(Cl)c(C(F)(F)F)c1. The molecule has 0 aromatic heterocycles. The van der Waals surface area contributed by atoms with Crippen LogP contribution in [0, 0.1) is 25.4 Å². The number of benzene rings is 6. The summed E-state index contributed by atoms with van der Waals surface area (Å²) in [6.07, 6.45) is -3.28. The third-order valence-corrected chi connectivity index (χ3v) is 9.00. The number of carbonyl (C=O) groups is 2. The lowest BCUT2D eigenvalue weighted by molar-refractivity contribution is -0.137. The first-order valence-electron chi connectivity index (χ1n) is 17.8. The van der Waals surface area contributed by atoms with Gasteiger partial charge in [0, 0.05) is 38.5 Å². The summed E-state index contributed by atoms with van der Waals surface area (Å²) in [5.74, 6) is 1.54. The number of aromatic hydroxyl groups is 1. The number of nitrogens with one attached hydrogen (secondary N) is 4. The molecule has 0 heterocycles. The highest BCUT2D eigenvalue weighted by atomic mass is 35.5. The number of nitrogen functional groups attached to an aromatic ring is 1. The Morgan fingerprint density at radius 2 is 0.938 bits per heavy atom. The first-order valence-corrected chi connectivity index (χ1v) is 19.0. The second-order valence-corrected chi connectivity index (χ2v) is 13.7. The zero-order chi connectivity index (χ0) is 45.8. The van der Waals surface area contributed by atoms with Gasteiger partial charge < -0.3 is 46.3 Å². The molecule has 0 saturated heterocycles. The van der Waals surface area contributed by atoms with E-state index in [1.54, 1.807) is 93.1 Å². The molecule has 0 spiro atoms. The van der Waals surface area contributed by atoms with Crippen LogP contribution in [0.15, 0.2) is 127 Å². The number of aryl methyl sites for hydroxylation is 2.